The van der Waals surface area contributed by atoms with Gasteiger partial charge in [-0.3, -0.25) is 19.5 Å². The highest BCUT2D eigenvalue weighted by Gasteiger charge is 2.23. The van der Waals surface area contributed by atoms with E-state index in [1.807, 2.05) is 53.1 Å². The van der Waals surface area contributed by atoms with Gasteiger partial charge in [-0.2, -0.15) is 0 Å². The molecule has 5 rings (SSSR count). The summed E-state index contributed by atoms with van der Waals surface area (Å²) in [5.74, 6) is 1.96. The number of rotatable bonds is 9. The van der Waals surface area contributed by atoms with Crippen LogP contribution in [0.1, 0.15) is 12.5 Å². The smallest absolute Gasteiger partial charge is 0.271 e. The Morgan fingerprint density at radius 3 is 2.68 bits per heavy atom. The van der Waals surface area contributed by atoms with E-state index in [9.17, 15) is 14.9 Å². The van der Waals surface area contributed by atoms with Gasteiger partial charge >= 0.3 is 0 Å². The first kappa shape index (κ1) is 25.1. The highest BCUT2D eigenvalue weighted by molar-refractivity contribution is 8.00. The zero-order valence-corrected chi connectivity index (χ0v) is 21.3. The molecule has 1 amide bonds. The largest absolute Gasteiger partial charge is 0.495 e. The molecule has 2 heterocycles. The van der Waals surface area contributed by atoms with Gasteiger partial charge < -0.3 is 19.5 Å². The number of benzene rings is 3. The maximum Gasteiger partial charge on any atom is 0.271 e. The molecule has 1 N–H and O–H groups in total. The van der Waals surface area contributed by atoms with E-state index in [1.165, 1.54) is 37.1 Å². The topological polar surface area (TPSA) is 131 Å². The van der Waals surface area contributed by atoms with Crippen LogP contribution in [0.4, 0.5) is 11.4 Å². The first-order chi connectivity index (χ1) is 18.4. The Balaban J connectivity index is 1.41. The molecule has 11 nitrogen and oxygen atoms in total. The van der Waals surface area contributed by atoms with Crippen LogP contribution in [0.3, 0.4) is 0 Å². The summed E-state index contributed by atoms with van der Waals surface area (Å²) in [5.41, 5.74) is 1.89. The molecular weight excluding hydrogens is 510 g/mol. The van der Waals surface area contributed by atoms with E-state index in [0.717, 1.165) is 11.1 Å². The van der Waals surface area contributed by atoms with Crippen molar-refractivity contribution < 1.29 is 23.9 Å². The predicted octanol–water partition coefficient (Wildman–Crippen LogP) is 4.76. The average Bonchev–Trinajstić information content (AvgIpc) is 3.55. The number of anilines is 1. The highest BCUT2D eigenvalue weighted by Crippen LogP contribution is 2.35. The fourth-order valence-electron chi connectivity index (χ4n) is 3.89. The van der Waals surface area contributed by atoms with E-state index >= 15 is 0 Å². The van der Waals surface area contributed by atoms with Crippen molar-refractivity contribution in [1.82, 2.24) is 14.8 Å². The van der Waals surface area contributed by atoms with Crippen LogP contribution in [-0.4, -0.2) is 44.7 Å². The van der Waals surface area contributed by atoms with E-state index in [0.29, 0.717) is 34.8 Å². The Morgan fingerprint density at radius 1 is 1.13 bits per heavy atom. The van der Waals surface area contributed by atoms with Crippen molar-refractivity contribution in [1.29, 1.82) is 0 Å². The summed E-state index contributed by atoms with van der Waals surface area (Å²) < 4.78 is 18.1. The molecule has 1 aliphatic heterocycles. The van der Waals surface area contributed by atoms with Gasteiger partial charge in [0.1, 0.15) is 5.75 Å². The van der Waals surface area contributed by atoms with Gasteiger partial charge in [0, 0.05) is 17.7 Å². The van der Waals surface area contributed by atoms with Crippen LogP contribution in [0.2, 0.25) is 0 Å². The number of nitrogens with zero attached hydrogens (tertiary/aromatic N) is 4. The van der Waals surface area contributed by atoms with Gasteiger partial charge in [0.25, 0.3) is 5.69 Å². The molecule has 12 heteroatoms. The first-order valence-corrected chi connectivity index (χ1v) is 12.5. The summed E-state index contributed by atoms with van der Waals surface area (Å²) in [5, 5.41) is 22.7. The van der Waals surface area contributed by atoms with Crippen molar-refractivity contribution in [2.45, 2.75) is 23.9 Å². The molecule has 0 spiro atoms. The van der Waals surface area contributed by atoms with Gasteiger partial charge in [-0.1, -0.05) is 48.2 Å². The van der Waals surface area contributed by atoms with Crippen LogP contribution < -0.4 is 19.5 Å². The van der Waals surface area contributed by atoms with Crippen LogP contribution in [-0.2, 0) is 11.3 Å². The van der Waals surface area contributed by atoms with Gasteiger partial charge in [0.2, 0.25) is 12.7 Å². The molecule has 194 valence electrons. The second-order valence-electron chi connectivity index (χ2n) is 8.34. The number of carbonyl (C=O) groups excluding carboxylic acids is 1. The summed E-state index contributed by atoms with van der Waals surface area (Å²) in [6.45, 7) is 2.35. The van der Waals surface area contributed by atoms with E-state index in [4.69, 9.17) is 14.2 Å². The molecule has 0 radical (unpaired) electrons. The number of fused-ring (bicyclic) bond motifs is 1. The first-order valence-electron chi connectivity index (χ1n) is 11.6. The fourth-order valence-corrected chi connectivity index (χ4v) is 4.74. The molecule has 0 bridgehead atoms. The number of non-ortho nitro benzene ring substituents is 1. The quantitative estimate of drug-likeness (QED) is 0.184. The maximum absolute atomic E-state index is 13.1. The van der Waals surface area contributed by atoms with E-state index in [1.54, 1.807) is 6.92 Å². The summed E-state index contributed by atoms with van der Waals surface area (Å²) in [6.07, 6.45) is 0. The van der Waals surface area contributed by atoms with Crippen molar-refractivity contribution in [3.05, 3.63) is 82.4 Å². The molecule has 0 saturated heterocycles. The molecule has 38 heavy (non-hydrogen) atoms. The lowest BCUT2D eigenvalue weighted by Crippen LogP contribution is -2.23. The number of amides is 1. The summed E-state index contributed by atoms with van der Waals surface area (Å²) >= 11 is 1.23. The molecule has 1 atom stereocenters. The molecule has 0 aliphatic carbocycles. The molecule has 1 aliphatic rings. The second-order valence-corrected chi connectivity index (χ2v) is 9.64. The fraction of sp³-hybridized carbons (Fsp3) is 0.192. The minimum absolute atomic E-state index is 0.155. The summed E-state index contributed by atoms with van der Waals surface area (Å²) in [6, 6.07) is 19.4. The van der Waals surface area contributed by atoms with E-state index in [-0.39, 0.29) is 24.1 Å². The standard InChI is InChI=1S/C26H23N5O6S/c1-16(25(32)27-20-13-19(31(33)34)9-11-21(20)35-2)38-26-29-28-24(18-6-4-3-5-7-18)30(26)14-17-8-10-22-23(12-17)37-15-36-22/h3-13,16H,14-15H2,1-2H3,(H,27,32). The van der Waals surface area contributed by atoms with Crippen LogP contribution in [0.15, 0.2) is 71.9 Å². The van der Waals surface area contributed by atoms with Gasteiger partial charge in [0.05, 0.1) is 29.5 Å². The lowest BCUT2D eigenvalue weighted by atomic mass is 10.2. The predicted molar refractivity (Wildman–Crippen MR) is 141 cm³/mol. The number of hydrogen-bond acceptors (Lipinski definition) is 9. The van der Waals surface area contributed by atoms with Gasteiger partial charge in [-0.15, -0.1) is 10.2 Å². The number of aromatic nitrogens is 3. The van der Waals surface area contributed by atoms with Gasteiger partial charge in [-0.05, 0) is 30.7 Å². The third-order valence-electron chi connectivity index (χ3n) is 5.83. The number of carbonyl (C=O) groups is 1. The van der Waals surface area contributed by atoms with E-state index in [2.05, 4.69) is 15.5 Å². The van der Waals surface area contributed by atoms with Crippen molar-refractivity contribution in [2.75, 3.05) is 19.2 Å². The normalized spacial score (nSPS) is 12.7. The summed E-state index contributed by atoms with van der Waals surface area (Å²) in [4.78, 5) is 23.8. The zero-order valence-electron chi connectivity index (χ0n) is 20.5. The van der Waals surface area contributed by atoms with Crippen LogP contribution in [0.25, 0.3) is 11.4 Å². The Hall–Kier alpha value is -4.58. The SMILES string of the molecule is COc1ccc([N+](=O)[O-])cc1NC(=O)C(C)Sc1nnc(-c2ccccc2)n1Cc1ccc2c(c1)OCO2. The monoisotopic (exact) mass is 533 g/mol. The molecule has 0 saturated carbocycles. The number of hydrogen-bond donors (Lipinski definition) is 1. The lowest BCUT2D eigenvalue weighted by Gasteiger charge is -2.15. The number of thioether (sulfide) groups is 1. The van der Waals surface area contributed by atoms with Crippen LogP contribution in [0.5, 0.6) is 17.2 Å². The van der Waals surface area contributed by atoms with Crippen molar-refractivity contribution >= 4 is 29.0 Å². The molecule has 3 aromatic carbocycles. The zero-order chi connectivity index (χ0) is 26.6. The number of nitro groups is 1. The number of ether oxygens (including phenoxy) is 3. The lowest BCUT2D eigenvalue weighted by molar-refractivity contribution is -0.384. The number of nitrogens with one attached hydrogen (secondary N) is 1. The maximum atomic E-state index is 13.1. The van der Waals surface area contributed by atoms with Crippen LogP contribution in [0, 0.1) is 10.1 Å². The molecule has 4 aromatic rings. The molecule has 0 fully saturated rings. The summed E-state index contributed by atoms with van der Waals surface area (Å²) in [7, 11) is 1.43. The van der Waals surface area contributed by atoms with Crippen molar-refractivity contribution in [3.8, 4) is 28.6 Å². The third-order valence-corrected chi connectivity index (χ3v) is 6.91. The minimum Gasteiger partial charge on any atom is -0.495 e. The Morgan fingerprint density at radius 2 is 1.92 bits per heavy atom. The van der Waals surface area contributed by atoms with Crippen molar-refractivity contribution in [3.63, 3.8) is 0 Å². The minimum atomic E-state index is -0.609. The highest BCUT2D eigenvalue weighted by atomic mass is 32.2. The Labute approximate surface area is 221 Å². The van der Waals surface area contributed by atoms with Crippen LogP contribution >= 0.6 is 11.8 Å². The molecule has 1 unspecified atom stereocenters. The third kappa shape index (κ3) is 5.25. The number of methoxy groups -OCH3 is 1. The average molecular weight is 534 g/mol. The Kier molecular flexibility index (Phi) is 7.13. The van der Waals surface area contributed by atoms with E-state index < -0.39 is 10.2 Å². The second kappa shape index (κ2) is 10.8. The van der Waals surface area contributed by atoms with Crippen molar-refractivity contribution in [2.24, 2.45) is 0 Å². The van der Waals surface area contributed by atoms with Gasteiger partial charge in [-0.25, -0.2) is 0 Å². The van der Waals surface area contributed by atoms with Gasteiger partial charge in [0.15, 0.2) is 22.5 Å². The molecule has 1 aromatic heterocycles. The number of nitro benzene ring substituents is 1. The molecular formula is C26H23N5O6S. The Bertz CT molecular complexity index is 1490.